The van der Waals surface area contributed by atoms with E-state index >= 15 is 0 Å². The van der Waals surface area contributed by atoms with Crippen molar-refractivity contribution in [3.8, 4) is 0 Å². The molecule has 2 rings (SSSR count). The number of anilines is 1. The van der Waals surface area contributed by atoms with Gasteiger partial charge in [-0.25, -0.2) is 4.98 Å². The summed E-state index contributed by atoms with van der Waals surface area (Å²) in [4.78, 5) is 16.2. The Balaban J connectivity index is 1.93. The van der Waals surface area contributed by atoms with Crippen LogP contribution in [0.1, 0.15) is 38.5 Å². The minimum absolute atomic E-state index is 0.139. The van der Waals surface area contributed by atoms with Crippen molar-refractivity contribution in [2.24, 2.45) is 5.92 Å². The van der Waals surface area contributed by atoms with Crippen LogP contribution >= 0.6 is 22.6 Å². The molecule has 0 unspecified atom stereocenters. The maximum Gasteiger partial charge on any atom is 0.228 e. The van der Waals surface area contributed by atoms with Gasteiger partial charge in [0.25, 0.3) is 0 Å². The second kappa shape index (κ2) is 6.33. The van der Waals surface area contributed by atoms with Crippen molar-refractivity contribution in [3.63, 3.8) is 0 Å². The van der Waals surface area contributed by atoms with Crippen molar-refractivity contribution in [2.45, 2.75) is 38.5 Å². The highest BCUT2D eigenvalue weighted by atomic mass is 127. The highest BCUT2D eigenvalue weighted by molar-refractivity contribution is 14.1. The Labute approximate surface area is 116 Å². The number of hydrogen-bond donors (Lipinski definition) is 1. The van der Waals surface area contributed by atoms with Crippen LogP contribution < -0.4 is 5.32 Å². The van der Waals surface area contributed by atoms with Gasteiger partial charge in [-0.15, -0.1) is 0 Å². The molecule has 1 N–H and O–H groups in total. The number of rotatable bonds is 2. The first-order valence-electron chi connectivity index (χ1n) is 6.18. The third kappa shape index (κ3) is 3.94. The van der Waals surface area contributed by atoms with E-state index in [0.717, 1.165) is 16.4 Å². The van der Waals surface area contributed by atoms with Gasteiger partial charge in [-0.2, -0.15) is 0 Å². The first kappa shape index (κ1) is 12.8. The van der Waals surface area contributed by atoms with Crippen LogP contribution in [0.4, 0.5) is 5.82 Å². The van der Waals surface area contributed by atoms with Crippen molar-refractivity contribution in [2.75, 3.05) is 5.32 Å². The SMILES string of the molecule is O=C(Nc1ccc(I)cn1)C1CCCCCC1. The van der Waals surface area contributed by atoms with Crippen molar-refractivity contribution in [3.05, 3.63) is 21.9 Å². The summed E-state index contributed by atoms with van der Waals surface area (Å²) in [7, 11) is 0. The molecule has 1 aliphatic rings. The molecule has 1 aromatic heterocycles. The molecule has 17 heavy (non-hydrogen) atoms. The Bertz CT molecular complexity index is 370. The molecule has 0 radical (unpaired) electrons. The molecule has 1 saturated carbocycles. The number of carbonyl (C=O) groups is 1. The second-order valence-electron chi connectivity index (χ2n) is 4.54. The van der Waals surface area contributed by atoms with Gasteiger partial charge in [-0.05, 0) is 47.6 Å². The van der Waals surface area contributed by atoms with Gasteiger partial charge >= 0.3 is 0 Å². The van der Waals surface area contributed by atoms with Crippen LogP contribution in [0.5, 0.6) is 0 Å². The number of pyridine rings is 1. The molecule has 1 heterocycles. The van der Waals surface area contributed by atoms with E-state index in [4.69, 9.17) is 0 Å². The fourth-order valence-electron chi connectivity index (χ4n) is 2.22. The topological polar surface area (TPSA) is 42.0 Å². The van der Waals surface area contributed by atoms with Crippen LogP contribution in [0.25, 0.3) is 0 Å². The normalized spacial score (nSPS) is 17.5. The Hall–Kier alpha value is -0.650. The fraction of sp³-hybridized carbons (Fsp3) is 0.538. The van der Waals surface area contributed by atoms with E-state index in [9.17, 15) is 4.79 Å². The van der Waals surface area contributed by atoms with Crippen molar-refractivity contribution in [1.29, 1.82) is 0 Å². The molecule has 0 saturated heterocycles. The average Bonchev–Trinajstić information content (AvgIpc) is 2.61. The molecule has 0 aromatic carbocycles. The van der Waals surface area contributed by atoms with Gasteiger partial charge in [0.05, 0.1) is 0 Å². The van der Waals surface area contributed by atoms with Gasteiger partial charge in [0.1, 0.15) is 5.82 Å². The third-order valence-corrected chi connectivity index (χ3v) is 3.84. The zero-order valence-electron chi connectivity index (χ0n) is 9.79. The molecule has 0 spiro atoms. The summed E-state index contributed by atoms with van der Waals surface area (Å²) in [6.07, 6.45) is 8.71. The molecule has 4 heteroatoms. The van der Waals surface area contributed by atoms with Crippen molar-refractivity contribution in [1.82, 2.24) is 4.98 Å². The minimum atomic E-state index is 0.139. The van der Waals surface area contributed by atoms with Crippen LogP contribution in [0.15, 0.2) is 18.3 Å². The molecule has 1 amide bonds. The Morgan fingerprint density at radius 3 is 2.53 bits per heavy atom. The molecule has 0 aliphatic heterocycles. The maximum atomic E-state index is 12.1. The van der Waals surface area contributed by atoms with Crippen LogP contribution in [-0.4, -0.2) is 10.9 Å². The van der Waals surface area contributed by atoms with Gasteiger partial charge in [-0.1, -0.05) is 25.7 Å². The predicted octanol–water partition coefficient (Wildman–Crippen LogP) is 3.60. The molecule has 1 aromatic rings. The lowest BCUT2D eigenvalue weighted by Crippen LogP contribution is -2.22. The number of nitrogens with zero attached hydrogens (tertiary/aromatic N) is 1. The Morgan fingerprint density at radius 1 is 1.24 bits per heavy atom. The largest absolute Gasteiger partial charge is 0.310 e. The van der Waals surface area contributed by atoms with E-state index in [1.807, 2.05) is 12.1 Å². The van der Waals surface area contributed by atoms with E-state index < -0.39 is 0 Å². The van der Waals surface area contributed by atoms with Crippen LogP contribution in [-0.2, 0) is 4.79 Å². The number of hydrogen-bond acceptors (Lipinski definition) is 2. The van der Waals surface area contributed by atoms with Crippen LogP contribution in [0.2, 0.25) is 0 Å². The van der Waals surface area contributed by atoms with E-state index in [1.54, 1.807) is 6.20 Å². The summed E-state index contributed by atoms with van der Waals surface area (Å²) in [5.74, 6) is 0.985. The van der Waals surface area contributed by atoms with Crippen LogP contribution in [0, 0.1) is 9.49 Å². The number of halogens is 1. The monoisotopic (exact) mass is 344 g/mol. The molecule has 1 aliphatic carbocycles. The minimum Gasteiger partial charge on any atom is -0.310 e. The first-order valence-corrected chi connectivity index (χ1v) is 7.26. The van der Waals surface area contributed by atoms with E-state index in [0.29, 0.717) is 5.82 Å². The molecule has 3 nitrogen and oxygen atoms in total. The van der Waals surface area contributed by atoms with Crippen LogP contribution in [0.3, 0.4) is 0 Å². The van der Waals surface area contributed by atoms with Gasteiger partial charge in [-0.3, -0.25) is 4.79 Å². The molecular formula is C13H17IN2O. The summed E-state index contributed by atoms with van der Waals surface area (Å²) in [5, 5.41) is 2.91. The molecule has 1 fully saturated rings. The number of carbonyl (C=O) groups excluding carboxylic acids is 1. The maximum absolute atomic E-state index is 12.1. The summed E-state index contributed by atoms with van der Waals surface area (Å²) in [5.41, 5.74) is 0. The lowest BCUT2D eigenvalue weighted by molar-refractivity contribution is -0.120. The molecule has 0 bridgehead atoms. The third-order valence-electron chi connectivity index (χ3n) is 3.20. The number of aromatic nitrogens is 1. The van der Waals surface area contributed by atoms with Gasteiger partial charge in [0.15, 0.2) is 0 Å². The molecule has 0 atom stereocenters. The number of nitrogens with one attached hydrogen (secondary N) is 1. The second-order valence-corrected chi connectivity index (χ2v) is 5.79. The Morgan fingerprint density at radius 2 is 1.94 bits per heavy atom. The number of amides is 1. The lowest BCUT2D eigenvalue weighted by Gasteiger charge is -2.13. The van der Waals surface area contributed by atoms with E-state index in [-0.39, 0.29) is 11.8 Å². The summed E-state index contributed by atoms with van der Waals surface area (Å²) in [6.45, 7) is 0. The summed E-state index contributed by atoms with van der Waals surface area (Å²) >= 11 is 2.20. The molecular weight excluding hydrogens is 327 g/mol. The highest BCUT2D eigenvalue weighted by Crippen LogP contribution is 2.23. The average molecular weight is 344 g/mol. The standard InChI is InChI=1S/C13H17IN2O/c14-11-7-8-12(15-9-11)16-13(17)10-5-3-1-2-4-6-10/h7-10H,1-6H2,(H,15,16,17). The van der Waals surface area contributed by atoms with Gasteiger partial charge < -0.3 is 5.32 Å². The Kier molecular flexibility index (Phi) is 4.76. The van der Waals surface area contributed by atoms with E-state index in [1.165, 1.54) is 25.7 Å². The lowest BCUT2D eigenvalue weighted by atomic mass is 9.99. The van der Waals surface area contributed by atoms with Gasteiger partial charge in [0.2, 0.25) is 5.91 Å². The quantitative estimate of drug-likeness (QED) is 0.658. The summed E-state index contributed by atoms with van der Waals surface area (Å²) < 4.78 is 1.08. The summed E-state index contributed by atoms with van der Waals surface area (Å²) in [6, 6.07) is 3.81. The van der Waals surface area contributed by atoms with Crippen molar-refractivity contribution < 1.29 is 4.79 Å². The zero-order valence-corrected chi connectivity index (χ0v) is 11.9. The molecule has 92 valence electrons. The predicted molar refractivity (Wildman–Crippen MR) is 76.8 cm³/mol. The first-order chi connectivity index (χ1) is 8.25. The zero-order chi connectivity index (χ0) is 12.1. The fourth-order valence-corrected chi connectivity index (χ4v) is 2.54. The smallest absolute Gasteiger partial charge is 0.228 e. The highest BCUT2D eigenvalue weighted by Gasteiger charge is 2.20. The van der Waals surface area contributed by atoms with E-state index in [2.05, 4.69) is 32.9 Å². The van der Waals surface area contributed by atoms with Crippen molar-refractivity contribution >= 4 is 34.3 Å². The van der Waals surface area contributed by atoms with Gasteiger partial charge in [0, 0.05) is 15.7 Å².